The van der Waals surface area contributed by atoms with Gasteiger partial charge in [-0.25, -0.2) is 8.42 Å². The molecule has 0 saturated heterocycles. The van der Waals surface area contributed by atoms with Gasteiger partial charge in [-0.2, -0.15) is 0 Å². The summed E-state index contributed by atoms with van der Waals surface area (Å²) in [6, 6.07) is 20.4. The summed E-state index contributed by atoms with van der Waals surface area (Å²) in [5.41, 5.74) is 0.366. The van der Waals surface area contributed by atoms with Gasteiger partial charge in [0, 0.05) is 17.1 Å². The van der Waals surface area contributed by atoms with E-state index < -0.39 is 34.1 Å². The Morgan fingerprint density at radius 3 is 2.05 bits per heavy atom. The van der Waals surface area contributed by atoms with E-state index in [1.807, 2.05) is 51.1 Å². The Labute approximate surface area is 234 Å². The molecule has 1 atom stereocenters. The summed E-state index contributed by atoms with van der Waals surface area (Å²) in [4.78, 5) is 28.3. The van der Waals surface area contributed by atoms with Gasteiger partial charge in [0.05, 0.1) is 15.6 Å². The Hall–Kier alpha value is -3.07. The van der Waals surface area contributed by atoms with Gasteiger partial charge >= 0.3 is 0 Å². The zero-order valence-electron chi connectivity index (χ0n) is 21.7. The first-order valence-corrected chi connectivity index (χ1v) is 14.2. The van der Waals surface area contributed by atoms with Crippen LogP contribution in [0.3, 0.4) is 0 Å². The second-order valence-corrected chi connectivity index (χ2v) is 12.5. The summed E-state index contributed by atoms with van der Waals surface area (Å²) in [6.45, 7) is 6.67. The van der Waals surface area contributed by atoms with E-state index in [1.54, 1.807) is 25.1 Å². The molecular formula is C28H31Cl2N3O4S. The molecule has 0 spiro atoms. The summed E-state index contributed by atoms with van der Waals surface area (Å²) >= 11 is 12.5. The van der Waals surface area contributed by atoms with Gasteiger partial charge < -0.3 is 10.2 Å². The molecule has 0 bridgehead atoms. The smallest absolute Gasteiger partial charge is 0.264 e. The first kappa shape index (κ1) is 29.5. The summed E-state index contributed by atoms with van der Waals surface area (Å²) in [7, 11) is -4.21. The van der Waals surface area contributed by atoms with Crippen LogP contribution in [-0.2, 0) is 26.2 Å². The van der Waals surface area contributed by atoms with E-state index in [0.29, 0.717) is 5.02 Å². The van der Waals surface area contributed by atoms with Crippen LogP contribution in [0.2, 0.25) is 10.0 Å². The largest absolute Gasteiger partial charge is 0.350 e. The fraction of sp³-hybridized carbons (Fsp3) is 0.286. The van der Waals surface area contributed by atoms with Crippen molar-refractivity contribution in [3.8, 4) is 0 Å². The highest BCUT2D eigenvalue weighted by atomic mass is 35.5. The monoisotopic (exact) mass is 575 g/mol. The van der Waals surface area contributed by atoms with Gasteiger partial charge in [-0.15, -0.1) is 0 Å². The molecule has 0 saturated carbocycles. The number of anilines is 1. The number of amides is 2. The lowest BCUT2D eigenvalue weighted by Crippen LogP contribution is -2.54. The first-order chi connectivity index (χ1) is 17.8. The number of nitrogens with zero attached hydrogens (tertiary/aromatic N) is 2. The molecule has 0 radical (unpaired) electrons. The second kappa shape index (κ2) is 12.2. The highest BCUT2D eigenvalue weighted by Gasteiger charge is 2.34. The Kier molecular flexibility index (Phi) is 9.46. The summed E-state index contributed by atoms with van der Waals surface area (Å²) in [6.07, 6.45) is 0. The number of hydrogen-bond donors (Lipinski definition) is 1. The second-order valence-electron chi connectivity index (χ2n) is 9.84. The van der Waals surface area contributed by atoms with Crippen molar-refractivity contribution < 1.29 is 18.0 Å². The number of sulfonamides is 1. The predicted molar refractivity (Wildman–Crippen MR) is 152 cm³/mol. The SMILES string of the molecule is C[C@@H](C(=O)NC(C)(C)C)N(Cc1ccccc1)C(=O)CN(c1ccc(Cl)cc1Cl)S(=O)(=O)c1ccccc1. The van der Waals surface area contributed by atoms with Gasteiger partial charge in [-0.1, -0.05) is 71.7 Å². The van der Waals surface area contributed by atoms with Crippen LogP contribution < -0.4 is 9.62 Å². The van der Waals surface area contributed by atoms with E-state index in [4.69, 9.17) is 23.2 Å². The number of carbonyl (C=O) groups excluding carboxylic acids is 2. The number of nitrogens with one attached hydrogen (secondary N) is 1. The normalized spacial score (nSPS) is 12.5. The van der Waals surface area contributed by atoms with Crippen LogP contribution >= 0.6 is 23.2 Å². The van der Waals surface area contributed by atoms with Crippen molar-refractivity contribution in [2.24, 2.45) is 0 Å². The number of benzene rings is 3. The average molecular weight is 577 g/mol. The molecule has 0 aromatic heterocycles. The molecule has 0 unspecified atom stereocenters. The molecule has 0 aliphatic heterocycles. The van der Waals surface area contributed by atoms with E-state index >= 15 is 0 Å². The third-order valence-electron chi connectivity index (χ3n) is 5.65. The van der Waals surface area contributed by atoms with Gasteiger partial charge in [0.2, 0.25) is 11.8 Å². The highest BCUT2D eigenvalue weighted by molar-refractivity contribution is 7.92. The minimum Gasteiger partial charge on any atom is -0.350 e. The van der Waals surface area contributed by atoms with E-state index in [2.05, 4.69) is 5.32 Å². The molecule has 202 valence electrons. The lowest BCUT2D eigenvalue weighted by molar-refractivity contribution is -0.140. The number of rotatable bonds is 9. The molecular weight excluding hydrogens is 545 g/mol. The molecule has 1 N–H and O–H groups in total. The van der Waals surface area contributed by atoms with Crippen LogP contribution in [0.4, 0.5) is 5.69 Å². The van der Waals surface area contributed by atoms with Gasteiger partial charge in [0.1, 0.15) is 12.6 Å². The zero-order valence-corrected chi connectivity index (χ0v) is 24.0. The van der Waals surface area contributed by atoms with E-state index in [-0.39, 0.29) is 28.1 Å². The van der Waals surface area contributed by atoms with Gasteiger partial charge in [-0.05, 0) is 63.6 Å². The Balaban J connectivity index is 2.05. The molecule has 0 aliphatic rings. The number of hydrogen-bond acceptors (Lipinski definition) is 4. The molecule has 3 aromatic carbocycles. The highest BCUT2D eigenvalue weighted by Crippen LogP contribution is 2.33. The Morgan fingerprint density at radius 1 is 0.921 bits per heavy atom. The van der Waals surface area contributed by atoms with Crippen molar-refractivity contribution in [2.75, 3.05) is 10.8 Å². The van der Waals surface area contributed by atoms with Crippen LogP contribution in [0.25, 0.3) is 0 Å². The van der Waals surface area contributed by atoms with E-state index in [0.717, 1.165) is 9.87 Å². The molecule has 2 amide bonds. The maximum atomic E-state index is 13.9. The maximum absolute atomic E-state index is 13.9. The van der Waals surface area contributed by atoms with Crippen molar-refractivity contribution in [3.63, 3.8) is 0 Å². The Bertz CT molecular complexity index is 1380. The van der Waals surface area contributed by atoms with Crippen molar-refractivity contribution in [1.82, 2.24) is 10.2 Å². The van der Waals surface area contributed by atoms with Gasteiger partial charge in [-0.3, -0.25) is 13.9 Å². The maximum Gasteiger partial charge on any atom is 0.264 e. The first-order valence-electron chi connectivity index (χ1n) is 12.0. The predicted octanol–water partition coefficient (Wildman–Crippen LogP) is 5.52. The minimum atomic E-state index is -4.21. The average Bonchev–Trinajstić information content (AvgIpc) is 2.86. The molecule has 0 aliphatic carbocycles. The number of carbonyl (C=O) groups is 2. The van der Waals surface area contributed by atoms with Gasteiger partial charge in [0.25, 0.3) is 10.0 Å². The standard InChI is InChI=1S/C28H31Cl2N3O4S/c1-20(27(35)31-28(2,3)4)32(18-21-11-7-5-8-12-21)26(34)19-33(25-16-15-22(29)17-24(25)30)38(36,37)23-13-9-6-10-14-23/h5-17,20H,18-19H2,1-4H3,(H,31,35)/t20-/m0/s1. The van der Waals surface area contributed by atoms with Crippen molar-refractivity contribution in [1.29, 1.82) is 0 Å². The van der Waals surface area contributed by atoms with Crippen LogP contribution in [0.15, 0.2) is 83.8 Å². The van der Waals surface area contributed by atoms with Crippen LogP contribution in [0, 0.1) is 0 Å². The van der Waals surface area contributed by atoms with E-state index in [1.165, 1.54) is 35.2 Å². The van der Waals surface area contributed by atoms with Crippen molar-refractivity contribution in [2.45, 2.75) is 50.7 Å². The van der Waals surface area contributed by atoms with Crippen molar-refractivity contribution >= 4 is 50.7 Å². The fourth-order valence-corrected chi connectivity index (χ4v) is 5.77. The Morgan fingerprint density at radius 2 is 1.50 bits per heavy atom. The molecule has 0 heterocycles. The van der Waals surface area contributed by atoms with E-state index in [9.17, 15) is 18.0 Å². The molecule has 38 heavy (non-hydrogen) atoms. The molecule has 3 aromatic rings. The van der Waals surface area contributed by atoms with Crippen LogP contribution in [0.5, 0.6) is 0 Å². The number of halogens is 2. The lowest BCUT2D eigenvalue weighted by atomic mass is 10.1. The molecule has 10 heteroatoms. The summed E-state index contributed by atoms with van der Waals surface area (Å²) < 4.78 is 28.5. The quantitative estimate of drug-likeness (QED) is 0.364. The third kappa shape index (κ3) is 7.49. The van der Waals surface area contributed by atoms with Crippen molar-refractivity contribution in [3.05, 3.63) is 94.5 Å². The molecule has 0 fully saturated rings. The van der Waals surface area contributed by atoms with Gasteiger partial charge in [0.15, 0.2) is 0 Å². The zero-order chi connectivity index (χ0) is 28.1. The summed E-state index contributed by atoms with van der Waals surface area (Å²) in [5, 5.41) is 3.28. The summed E-state index contributed by atoms with van der Waals surface area (Å²) in [5.74, 6) is -0.931. The lowest BCUT2D eigenvalue weighted by Gasteiger charge is -2.33. The molecule has 3 rings (SSSR count). The minimum absolute atomic E-state index is 0.00745. The fourth-order valence-electron chi connectivity index (χ4n) is 3.75. The third-order valence-corrected chi connectivity index (χ3v) is 7.96. The topological polar surface area (TPSA) is 86.8 Å². The molecule has 7 nitrogen and oxygen atoms in total. The van der Waals surface area contributed by atoms with Crippen LogP contribution in [-0.4, -0.2) is 43.3 Å². The van der Waals surface area contributed by atoms with Crippen LogP contribution in [0.1, 0.15) is 33.3 Å².